The lowest BCUT2D eigenvalue weighted by atomic mass is 10.1. The van der Waals surface area contributed by atoms with E-state index in [0.717, 1.165) is 12.1 Å². The molecule has 2 aromatic rings. The molecule has 0 radical (unpaired) electrons. The third-order valence-corrected chi connectivity index (χ3v) is 4.69. The SMILES string of the molecule is N#Cc1ccc(N2CC(C(=O)Nc3ccc(NC(N)=O)cc3)OC2C(F)(F)F)cc1C(F)(F)F. The Balaban J connectivity index is 1.83. The molecule has 14 heteroatoms. The van der Waals surface area contributed by atoms with Gasteiger partial charge in [0.05, 0.1) is 23.7 Å². The van der Waals surface area contributed by atoms with E-state index in [4.69, 9.17) is 15.7 Å². The van der Waals surface area contributed by atoms with E-state index in [1.807, 2.05) is 0 Å². The number of urea groups is 1. The van der Waals surface area contributed by atoms with Crippen molar-refractivity contribution in [3.8, 4) is 6.07 Å². The van der Waals surface area contributed by atoms with Gasteiger partial charge in [-0.1, -0.05) is 0 Å². The van der Waals surface area contributed by atoms with Gasteiger partial charge < -0.3 is 26.0 Å². The summed E-state index contributed by atoms with van der Waals surface area (Å²) in [6.45, 7) is -0.708. The van der Waals surface area contributed by atoms with E-state index in [0.29, 0.717) is 16.7 Å². The van der Waals surface area contributed by atoms with Gasteiger partial charge in [0, 0.05) is 17.1 Å². The fourth-order valence-corrected chi connectivity index (χ4v) is 3.23. The van der Waals surface area contributed by atoms with Gasteiger partial charge in [-0.05, 0) is 42.5 Å². The zero-order valence-corrected chi connectivity index (χ0v) is 16.9. The summed E-state index contributed by atoms with van der Waals surface area (Å²) in [4.78, 5) is 23.8. The molecule has 2 atom stereocenters. The Bertz CT molecular complexity index is 1130. The highest BCUT2D eigenvalue weighted by Gasteiger charge is 2.52. The number of carbonyl (C=O) groups excluding carboxylic acids is 2. The van der Waals surface area contributed by atoms with Crippen LogP contribution in [0, 0.1) is 11.3 Å². The predicted octanol–water partition coefficient (Wildman–Crippen LogP) is 3.80. The summed E-state index contributed by atoms with van der Waals surface area (Å²) in [6, 6.07) is 8.02. The Hall–Kier alpha value is -3.99. The van der Waals surface area contributed by atoms with Crippen LogP contribution in [-0.4, -0.2) is 37.0 Å². The van der Waals surface area contributed by atoms with Crippen LogP contribution in [0.4, 0.5) is 48.2 Å². The number of nitrogens with zero attached hydrogens (tertiary/aromatic N) is 2. The summed E-state index contributed by atoms with van der Waals surface area (Å²) in [5.41, 5.74) is 2.73. The van der Waals surface area contributed by atoms with Crippen molar-refractivity contribution >= 4 is 29.0 Å². The summed E-state index contributed by atoms with van der Waals surface area (Å²) >= 11 is 0. The summed E-state index contributed by atoms with van der Waals surface area (Å²) in [7, 11) is 0. The number of hydrogen-bond acceptors (Lipinski definition) is 5. The molecule has 3 rings (SSSR count). The molecular formula is C20H15F6N5O3. The Kier molecular flexibility index (Phi) is 6.60. The number of nitrogens with one attached hydrogen (secondary N) is 2. The molecule has 180 valence electrons. The van der Waals surface area contributed by atoms with Crippen molar-refractivity contribution in [1.82, 2.24) is 0 Å². The molecule has 0 aliphatic carbocycles. The number of amides is 3. The van der Waals surface area contributed by atoms with Gasteiger partial charge in [0.15, 0.2) is 6.10 Å². The number of ether oxygens (including phenoxy) is 1. The van der Waals surface area contributed by atoms with Gasteiger partial charge in [0.1, 0.15) is 0 Å². The van der Waals surface area contributed by atoms with Crippen LogP contribution < -0.4 is 21.3 Å². The number of rotatable bonds is 4. The molecule has 1 aliphatic rings. The lowest BCUT2D eigenvalue weighted by Crippen LogP contribution is -2.42. The highest BCUT2D eigenvalue weighted by molar-refractivity contribution is 5.95. The average Bonchev–Trinajstić information content (AvgIpc) is 3.20. The van der Waals surface area contributed by atoms with Gasteiger partial charge in [-0.2, -0.15) is 31.6 Å². The van der Waals surface area contributed by atoms with Gasteiger partial charge >= 0.3 is 18.4 Å². The first kappa shape index (κ1) is 24.6. The molecular weight excluding hydrogens is 472 g/mol. The number of alkyl halides is 6. The first-order chi connectivity index (χ1) is 15.8. The molecule has 1 fully saturated rings. The van der Waals surface area contributed by atoms with Crippen LogP contribution in [0.2, 0.25) is 0 Å². The average molecular weight is 487 g/mol. The van der Waals surface area contributed by atoms with Crippen molar-refractivity contribution in [2.45, 2.75) is 24.7 Å². The minimum absolute atomic E-state index is 0.156. The van der Waals surface area contributed by atoms with E-state index in [-0.39, 0.29) is 5.69 Å². The van der Waals surface area contributed by atoms with Crippen molar-refractivity contribution in [2.24, 2.45) is 5.73 Å². The van der Waals surface area contributed by atoms with E-state index in [9.17, 15) is 35.9 Å². The predicted molar refractivity (Wildman–Crippen MR) is 106 cm³/mol. The van der Waals surface area contributed by atoms with Crippen LogP contribution in [0.5, 0.6) is 0 Å². The Morgan fingerprint density at radius 3 is 2.12 bits per heavy atom. The molecule has 2 unspecified atom stereocenters. The van der Waals surface area contributed by atoms with Crippen molar-refractivity contribution in [2.75, 3.05) is 22.1 Å². The molecule has 0 aromatic heterocycles. The molecule has 0 bridgehead atoms. The van der Waals surface area contributed by atoms with Crippen LogP contribution >= 0.6 is 0 Å². The number of hydrogen-bond donors (Lipinski definition) is 3. The number of anilines is 3. The third kappa shape index (κ3) is 5.49. The number of primary amides is 1. The van der Waals surface area contributed by atoms with E-state index < -0.39 is 60.0 Å². The molecule has 0 spiro atoms. The summed E-state index contributed by atoms with van der Waals surface area (Å²) in [6.07, 6.45) is -14.4. The van der Waals surface area contributed by atoms with Crippen LogP contribution in [-0.2, 0) is 15.7 Å². The second-order valence-electron chi connectivity index (χ2n) is 7.07. The lowest BCUT2D eigenvalue weighted by Gasteiger charge is -2.27. The van der Waals surface area contributed by atoms with Crippen LogP contribution in [0.1, 0.15) is 11.1 Å². The minimum Gasteiger partial charge on any atom is -0.351 e. The Morgan fingerprint density at radius 2 is 1.62 bits per heavy atom. The zero-order valence-electron chi connectivity index (χ0n) is 16.9. The van der Waals surface area contributed by atoms with Gasteiger partial charge in [-0.3, -0.25) is 4.79 Å². The molecule has 0 saturated carbocycles. The van der Waals surface area contributed by atoms with Crippen LogP contribution in [0.15, 0.2) is 42.5 Å². The molecule has 1 aliphatic heterocycles. The molecule has 34 heavy (non-hydrogen) atoms. The smallest absolute Gasteiger partial charge is 0.351 e. The van der Waals surface area contributed by atoms with E-state index >= 15 is 0 Å². The highest BCUT2D eigenvalue weighted by Crippen LogP contribution is 2.39. The van der Waals surface area contributed by atoms with E-state index in [1.54, 1.807) is 0 Å². The molecule has 2 aromatic carbocycles. The number of benzene rings is 2. The lowest BCUT2D eigenvalue weighted by molar-refractivity contribution is -0.212. The Labute approximate surface area is 187 Å². The summed E-state index contributed by atoms with van der Waals surface area (Å²) < 4.78 is 85.4. The first-order valence-corrected chi connectivity index (χ1v) is 9.37. The second-order valence-corrected chi connectivity index (χ2v) is 7.07. The number of carbonyl (C=O) groups is 2. The molecule has 4 N–H and O–H groups in total. The summed E-state index contributed by atoms with van der Waals surface area (Å²) in [5.74, 6) is -0.975. The van der Waals surface area contributed by atoms with E-state index in [2.05, 4.69) is 10.6 Å². The van der Waals surface area contributed by atoms with Crippen molar-refractivity contribution in [3.05, 3.63) is 53.6 Å². The second kappa shape index (κ2) is 9.10. The van der Waals surface area contributed by atoms with Crippen molar-refractivity contribution < 1.29 is 40.7 Å². The zero-order chi connectivity index (χ0) is 25.3. The first-order valence-electron chi connectivity index (χ1n) is 9.37. The van der Waals surface area contributed by atoms with Crippen LogP contribution in [0.3, 0.4) is 0 Å². The van der Waals surface area contributed by atoms with Gasteiger partial charge in [0.2, 0.25) is 6.23 Å². The fraction of sp³-hybridized carbons (Fsp3) is 0.250. The largest absolute Gasteiger partial charge is 0.433 e. The molecule has 1 saturated heterocycles. The van der Waals surface area contributed by atoms with Gasteiger partial charge in [0.25, 0.3) is 5.91 Å². The maximum Gasteiger partial charge on any atom is 0.433 e. The number of halogens is 6. The fourth-order valence-electron chi connectivity index (χ4n) is 3.23. The minimum atomic E-state index is -5.04. The standard InChI is InChI=1S/C20H15F6N5O3/c21-19(22,23)14-7-13(6-1-10(14)8-27)31-9-15(34-17(31)20(24,25)26)16(32)29-11-2-4-12(5-3-11)30-18(28)33/h1-7,15,17H,9H2,(H,29,32)(H3,28,30,33). The monoisotopic (exact) mass is 487 g/mol. The Morgan fingerprint density at radius 1 is 1.03 bits per heavy atom. The van der Waals surface area contributed by atoms with Crippen LogP contribution in [0.25, 0.3) is 0 Å². The topological polar surface area (TPSA) is 120 Å². The molecule has 3 amide bonds. The van der Waals surface area contributed by atoms with Gasteiger partial charge in [-0.15, -0.1) is 0 Å². The highest BCUT2D eigenvalue weighted by atomic mass is 19.4. The van der Waals surface area contributed by atoms with Crippen molar-refractivity contribution in [3.63, 3.8) is 0 Å². The third-order valence-electron chi connectivity index (χ3n) is 4.69. The summed E-state index contributed by atoms with van der Waals surface area (Å²) in [5, 5.41) is 13.5. The number of nitriles is 1. The quantitative estimate of drug-likeness (QED) is 0.567. The maximum atomic E-state index is 13.6. The van der Waals surface area contributed by atoms with Gasteiger partial charge in [-0.25, -0.2) is 4.79 Å². The molecule has 1 heterocycles. The van der Waals surface area contributed by atoms with E-state index in [1.165, 1.54) is 30.3 Å². The molecule has 8 nitrogen and oxygen atoms in total. The number of nitrogens with two attached hydrogens (primary N) is 1. The normalized spacial score (nSPS) is 18.3. The van der Waals surface area contributed by atoms with Crippen molar-refractivity contribution in [1.29, 1.82) is 5.26 Å². The maximum absolute atomic E-state index is 13.6.